The van der Waals surface area contributed by atoms with Gasteiger partial charge in [-0.2, -0.15) is 0 Å². The molecular weight excluding hydrogens is 302 g/mol. The summed E-state index contributed by atoms with van der Waals surface area (Å²) in [6, 6.07) is 6.62. The molecule has 0 aliphatic rings. The van der Waals surface area contributed by atoms with Gasteiger partial charge in [0.2, 0.25) is 0 Å². The van der Waals surface area contributed by atoms with Gasteiger partial charge in [-0.1, -0.05) is 0 Å². The minimum absolute atomic E-state index is 0.337. The lowest BCUT2D eigenvalue weighted by atomic mass is 10.0. The number of halogens is 3. The number of nitrogens with zero attached hydrogens (tertiary/aromatic N) is 1. The van der Waals surface area contributed by atoms with E-state index in [2.05, 4.69) is 20.9 Å². The minimum Gasteiger partial charge on any atom is -0.322 e. The molecule has 0 saturated carbocycles. The first-order valence-corrected chi connectivity index (χ1v) is 6.16. The average molecular weight is 313 g/mol. The van der Waals surface area contributed by atoms with Gasteiger partial charge in [-0.15, -0.1) is 0 Å². The molecule has 0 amide bonds. The van der Waals surface area contributed by atoms with Crippen LogP contribution in [0.3, 0.4) is 0 Å². The van der Waals surface area contributed by atoms with E-state index in [1.54, 1.807) is 12.3 Å². The molecule has 0 spiro atoms. The number of benzene rings is 1. The minimum atomic E-state index is -0.596. The summed E-state index contributed by atoms with van der Waals surface area (Å²) in [5, 5.41) is 0. The Kier molecular flexibility index (Phi) is 4.04. The zero-order valence-electron chi connectivity index (χ0n) is 9.41. The highest BCUT2D eigenvalue weighted by atomic mass is 79.9. The molecule has 1 heterocycles. The molecular formula is C13H11BrF2N2. The topological polar surface area (TPSA) is 38.9 Å². The lowest BCUT2D eigenvalue weighted by Crippen LogP contribution is -2.15. The van der Waals surface area contributed by atoms with Gasteiger partial charge < -0.3 is 5.73 Å². The predicted octanol–water partition coefficient (Wildman–Crippen LogP) is 3.36. The Morgan fingerprint density at radius 1 is 1.17 bits per heavy atom. The monoisotopic (exact) mass is 312 g/mol. The summed E-state index contributed by atoms with van der Waals surface area (Å²) < 4.78 is 26.9. The second-order valence-electron chi connectivity index (χ2n) is 3.99. The largest absolute Gasteiger partial charge is 0.322 e. The molecule has 0 bridgehead atoms. The summed E-state index contributed by atoms with van der Waals surface area (Å²) in [7, 11) is 0. The van der Waals surface area contributed by atoms with Crippen LogP contribution in [-0.2, 0) is 6.42 Å². The average Bonchev–Trinajstić information content (AvgIpc) is 2.28. The molecule has 94 valence electrons. The predicted molar refractivity (Wildman–Crippen MR) is 68.9 cm³/mol. The zero-order valence-corrected chi connectivity index (χ0v) is 11.0. The van der Waals surface area contributed by atoms with Gasteiger partial charge in [0.1, 0.15) is 11.6 Å². The maximum atomic E-state index is 13.0. The number of hydrogen-bond acceptors (Lipinski definition) is 2. The van der Waals surface area contributed by atoms with E-state index in [9.17, 15) is 8.78 Å². The van der Waals surface area contributed by atoms with Crippen molar-refractivity contribution in [2.45, 2.75) is 12.5 Å². The van der Waals surface area contributed by atoms with E-state index in [0.717, 1.165) is 10.5 Å². The maximum absolute atomic E-state index is 13.0. The summed E-state index contributed by atoms with van der Waals surface area (Å²) in [5.41, 5.74) is 7.16. The molecule has 1 aromatic carbocycles. The third-order valence-corrected chi connectivity index (χ3v) is 2.98. The number of rotatable bonds is 3. The smallest absolute Gasteiger partial charge is 0.126 e. The van der Waals surface area contributed by atoms with E-state index in [4.69, 9.17) is 5.73 Å². The summed E-state index contributed by atoms with van der Waals surface area (Å²) in [6.45, 7) is 0. The number of hydrogen-bond donors (Lipinski definition) is 1. The van der Waals surface area contributed by atoms with Gasteiger partial charge in [0.15, 0.2) is 0 Å². The Labute approximate surface area is 112 Å². The van der Waals surface area contributed by atoms with Crippen molar-refractivity contribution < 1.29 is 8.78 Å². The van der Waals surface area contributed by atoms with E-state index in [1.165, 1.54) is 12.1 Å². The lowest BCUT2D eigenvalue weighted by Gasteiger charge is -2.11. The Bertz CT molecular complexity index is 523. The van der Waals surface area contributed by atoms with Gasteiger partial charge in [-0.05, 0) is 52.2 Å². The van der Waals surface area contributed by atoms with Crippen LogP contribution in [0.5, 0.6) is 0 Å². The molecule has 2 aromatic rings. The van der Waals surface area contributed by atoms with Crippen LogP contribution in [0.1, 0.15) is 17.3 Å². The Morgan fingerprint density at radius 3 is 2.39 bits per heavy atom. The van der Waals surface area contributed by atoms with Crippen molar-refractivity contribution in [3.8, 4) is 0 Å². The number of aromatic nitrogens is 1. The molecule has 2 N–H and O–H groups in total. The fourth-order valence-corrected chi connectivity index (χ4v) is 1.93. The second kappa shape index (κ2) is 5.54. The highest BCUT2D eigenvalue weighted by Crippen LogP contribution is 2.17. The van der Waals surface area contributed by atoms with Gasteiger partial charge in [0, 0.05) is 16.7 Å². The molecule has 1 aromatic heterocycles. The van der Waals surface area contributed by atoms with E-state index >= 15 is 0 Å². The van der Waals surface area contributed by atoms with Crippen molar-refractivity contribution in [2.24, 2.45) is 5.73 Å². The molecule has 2 nitrogen and oxygen atoms in total. The normalized spacial score (nSPS) is 12.4. The van der Waals surface area contributed by atoms with Crippen molar-refractivity contribution >= 4 is 15.9 Å². The molecule has 2 rings (SSSR count). The first-order chi connectivity index (χ1) is 8.54. The fraction of sp³-hybridized carbons (Fsp3) is 0.154. The Morgan fingerprint density at radius 2 is 1.83 bits per heavy atom. The molecule has 0 radical (unpaired) electrons. The van der Waals surface area contributed by atoms with Crippen LogP contribution in [-0.4, -0.2) is 4.98 Å². The van der Waals surface area contributed by atoms with Crippen molar-refractivity contribution in [1.29, 1.82) is 0 Å². The van der Waals surface area contributed by atoms with Crippen molar-refractivity contribution in [1.82, 2.24) is 4.98 Å². The van der Waals surface area contributed by atoms with Crippen molar-refractivity contribution in [2.75, 3.05) is 0 Å². The quantitative estimate of drug-likeness (QED) is 0.943. The van der Waals surface area contributed by atoms with Crippen LogP contribution < -0.4 is 5.73 Å². The highest BCUT2D eigenvalue weighted by molar-refractivity contribution is 9.10. The Hall–Kier alpha value is -1.33. The van der Waals surface area contributed by atoms with Crippen LogP contribution in [0.25, 0.3) is 0 Å². The standard InChI is InChI=1S/C13H11BrF2N2/c14-9-1-2-13(18-7-9)12(17)5-8-3-10(15)6-11(16)4-8/h1-4,6-7,12H,5,17H2. The summed E-state index contributed by atoms with van der Waals surface area (Å²) in [6.07, 6.45) is 1.98. The van der Waals surface area contributed by atoms with Crippen molar-refractivity contribution in [3.05, 3.63) is 63.9 Å². The molecule has 1 unspecified atom stereocenters. The summed E-state index contributed by atoms with van der Waals surface area (Å²) in [4.78, 5) is 4.16. The SMILES string of the molecule is NC(Cc1cc(F)cc(F)c1)c1ccc(Br)cn1. The third kappa shape index (κ3) is 3.34. The molecule has 0 aliphatic carbocycles. The lowest BCUT2D eigenvalue weighted by molar-refractivity contribution is 0.575. The maximum Gasteiger partial charge on any atom is 0.126 e. The summed E-state index contributed by atoms with van der Waals surface area (Å²) in [5.74, 6) is -1.19. The number of nitrogens with two attached hydrogens (primary N) is 1. The molecule has 0 saturated heterocycles. The molecule has 18 heavy (non-hydrogen) atoms. The highest BCUT2D eigenvalue weighted by Gasteiger charge is 2.10. The third-order valence-electron chi connectivity index (χ3n) is 2.51. The van der Waals surface area contributed by atoms with Crippen LogP contribution in [0.4, 0.5) is 8.78 Å². The van der Waals surface area contributed by atoms with Crippen LogP contribution >= 0.6 is 15.9 Å². The first kappa shape index (κ1) is 13.1. The van der Waals surface area contributed by atoms with E-state index in [0.29, 0.717) is 17.7 Å². The molecule has 0 aliphatic heterocycles. The van der Waals surface area contributed by atoms with Gasteiger partial charge in [-0.25, -0.2) is 8.78 Å². The summed E-state index contributed by atoms with van der Waals surface area (Å²) >= 11 is 3.28. The molecule has 0 fully saturated rings. The first-order valence-electron chi connectivity index (χ1n) is 5.36. The van der Waals surface area contributed by atoms with Gasteiger partial charge >= 0.3 is 0 Å². The van der Waals surface area contributed by atoms with E-state index in [-0.39, 0.29) is 6.04 Å². The van der Waals surface area contributed by atoms with Crippen LogP contribution in [0, 0.1) is 11.6 Å². The van der Waals surface area contributed by atoms with Gasteiger partial charge in [0.25, 0.3) is 0 Å². The zero-order chi connectivity index (χ0) is 13.1. The van der Waals surface area contributed by atoms with Crippen LogP contribution in [0.15, 0.2) is 41.0 Å². The van der Waals surface area contributed by atoms with Gasteiger partial charge in [-0.3, -0.25) is 4.98 Å². The molecule has 5 heteroatoms. The fourth-order valence-electron chi connectivity index (χ4n) is 1.69. The molecule has 1 atom stereocenters. The van der Waals surface area contributed by atoms with Crippen molar-refractivity contribution in [3.63, 3.8) is 0 Å². The van der Waals surface area contributed by atoms with Gasteiger partial charge in [0.05, 0.1) is 11.7 Å². The number of pyridine rings is 1. The second-order valence-corrected chi connectivity index (χ2v) is 4.91. The van der Waals surface area contributed by atoms with Crippen LogP contribution in [0.2, 0.25) is 0 Å². The van der Waals surface area contributed by atoms with E-state index in [1.807, 2.05) is 6.07 Å². The van der Waals surface area contributed by atoms with E-state index < -0.39 is 11.6 Å². The Balaban J connectivity index is 2.15.